The minimum atomic E-state index is -0.0566. The standard InChI is InChI=1S/C18H25N5O3/c1-21-7-6-19-18(21)23-10-8-22(9-11-23)13-17(24)20-15-5-4-14(25-2)12-16(15)26-3/h4-7,12H,8-11,13H2,1-3H3,(H,20,24). The van der Waals surface area contributed by atoms with E-state index >= 15 is 0 Å². The van der Waals surface area contributed by atoms with E-state index in [0.29, 0.717) is 23.7 Å². The van der Waals surface area contributed by atoms with Crippen LogP contribution in [-0.2, 0) is 11.8 Å². The number of carbonyl (C=O) groups excluding carboxylic acids is 1. The maximum atomic E-state index is 12.4. The predicted octanol–water partition coefficient (Wildman–Crippen LogP) is 1.20. The van der Waals surface area contributed by atoms with Crippen LogP contribution in [0.1, 0.15) is 0 Å². The molecule has 0 saturated carbocycles. The number of methoxy groups -OCH3 is 2. The molecule has 140 valence electrons. The van der Waals surface area contributed by atoms with E-state index in [4.69, 9.17) is 9.47 Å². The van der Waals surface area contributed by atoms with Crippen molar-refractivity contribution >= 4 is 17.5 Å². The Labute approximate surface area is 153 Å². The number of nitrogens with one attached hydrogen (secondary N) is 1. The number of hydrogen-bond acceptors (Lipinski definition) is 6. The van der Waals surface area contributed by atoms with Crippen LogP contribution in [0.15, 0.2) is 30.6 Å². The molecule has 8 heteroatoms. The lowest BCUT2D eigenvalue weighted by Crippen LogP contribution is -2.49. The van der Waals surface area contributed by atoms with Gasteiger partial charge in [-0.25, -0.2) is 4.98 Å². The predicted molar refractivity (Wildman–Crippen MR) is 100 cm³/mol. The second-order valence-corrected chi connectivity index (χ2v) is 6.22. The van der Waals surface area contributed by atoms with E-state index in [0.717, 1.165) is 32.1 Å². The van der Waals surface area contributed by atoms with Gasteiger partial charge in [0.15, 0.2) is 0 Å². The molecule has 3 rings (SSSR count). The first kappa shape index (κ1) is 18.1. The van der Waals surface area contributed by atoms with Crippen molar-refractivity contribution in [2.75, 3.05) is 57.2 Å². The highest BCUT2D eigenvalue weighted by Gasteiger charge is 2.21. The zero-order chi connectivity index (χ0) is 18.5. The van der Waals surface area contributed by atoms with E-state index in [1.807, 2.05) is 17.8 Å². The fourth-order valence-electron chi connectivity index (χ4n) is 3.06. The van der Waals surface area contributed by atoms with E-state index in [9.17, 15) is 4.79 Å². The van der Waals surface area contributed by atoms with Gasteiger partial charge in [-0.2, -0.15) is 0 Å². The summed E-state index contributed by atoms with van der Waals surface area (Å²) in [6.45, 7) is 3.69. The zero-order valence-electron chi connectivity index (χ0n) is 15.4. The summed E-state index contributed by atoms with van der Waals surface area (Å²) >= 11 is 0. The molecule has 0 bridgehead atoms. The number of benzene rings is 1. The number of piperazine rings is 1. The Morgan fingerprint density at radius 2 is 1.96 bits per heavy atom. The average molecular weight is 359 g/mol. The van der Waals surface area contributed by atoms with Gasteiger partial charge in [0, 0.05) is 51.7 Å². The number of ether oxygens (including phenoxy) is 2. The van der Waals surface area contributed by atoms with Crippen LogP contribution in [0.25, 0.3) is 0 Å². The molecule has 1 aromatic carbocycles. The molecule has 2 heterocycles. The summed E-state index contributed by atoms with van der Waals surface area (Å²) in [5.41, 5.74) is 0.643. The first-order chi connectivity index (χ1) is 12.6. The Hall–Kier alpha value is -2.74. The van der Waals surface area contributed by atoms with E-state index < -0.39 is 0 Å². The van der Waals surface area contributed by atoms with Crippen LogP contribution in [0.2, 0.25) is 0 Å². The van der Waals surface area contributed by atoms with Crippen molar-refractivity contribution in [2.24, 2.45) is 7.05 Å². The number of rotatable bonds is 6. The highest BCUT2D eigenvalue weighted by atomic mass is 16.5. The largest absolute Gasteiger partial charge is 0.497 e. The molecule has 0 unspecified atom stereocenters. The Morgan fingerprint density at radius 3 is 2.58 bits per heavy atom. The van der Waals surface area contributed by atoms with Crippen molar-refractivity contribution < 1.29 is 14.3 Å². The van der Waals surface area contributed by atoms with Gasteiger partial charge in [-0.1, -0.05) is 0 Å². The number of aryl methyl sites for hydroxylation is 1. The Balaban J connectivity index is 1.53. The molecular formula is C18H25N5O3. The minimum Gasteiger partial charge on any atom is -0.497 e. The molecule has 1 saturated heterocycles. The molecule has 1 fully saturated rings. The summed E-state index contributed by atoms with van der Waals surface area (Å²) in [5, 5.41) is 2.92. The van der Waals surface area contributed by atoms with Gasteiger partial charge in [0.2, 0.25) is 11.9 Å². The molecule has 0 spiro atoms. The third-order valence-corrected chi connectivity index (χ3v) is 4.50. The lowest BCUT2D eigenvalue weighted by molar-refractivity contribution is -0.117. The number of hydrogen-bond donors (Lipinski definition) is 1. The van der Waals surface area contributed by atoms with Gasteiger partial charge < -0.3 is 24.3 Å². The molecule has 26 heavy (non-hydrogen) atoms. The number of amides is 1. The number of carbonyl (C=O) groups is 1. The smallest absolute Gasteiger partial charge is 0.238 e. The van der Waals surface area contributed by atoms with Gasteiger partial charge in [-0.15, -0.1) is 0 Å². The molecule has 1 aliphatic rings. The van der Waals surface area contributed by atoms with Crippen LogP contribution in [0.3, 0.4) is 0 Å². The normalized spacial score (nSPS) is 15.0. The van der Waals surface area contributed by atoms with Crippen molar-refractivity contribution in [3.8, 4) is 11.5 Å². The topological polar surface area (TPSA) is 71.9 Å². The van der Waals surface area contributed by atoms with E-state index in [1.165, 1.54) is 0 Å². The van der Waals surface area contributed by atoms with Gasteiger partial charge in [-0.05, 0) is 12.1 Å². The monoisotopic (exact) mass is 359 g/mol. The quantitative estimate of drug-likeness (QED) is 0.836. The number of nitrogens with zero attached hydrogens (tertiary/aromatic N) is 4. The molecule has 0 radical (unpaired) electrons. The lowest BCUT2D eigenvalue weighted by atomic mass is 10.2. The number of anilines is 2. The maximum Gasteiger partial charge on any atom is 0.238 e. The summed E-state index contributed by atoms with van der Waals surface area (Å²) in [6.07, 6.45) is 3.74. The van der Waals surface area contributed by atoms with Crippen molar-refractivity contribution in [1.29, 1.82) is 0 Å². The second kappa shape index (κ2) is 8.09. The summed E-state index contributed by atoms with van der Waals surface area (Å²) in [7, 11) is 5.16. The van der Waals surface area contributed by atoms with Gasteiger partial charge in [0.25, 0.3) is 0 Å². The van der Waals surface area contributed by atoms with Crippen LogP contribution >= 0.6 is 0 Å². The molecular weight excluding hydrogens is 334 g/mol. The van der Waals surface area contributed by atoms with Gasteiger partial charge >= 0.3 is 0 Å². The first-order valence-electron chi connectivity index (χ1n) is 8.57. The first-order valence-corrected chi connectivity index (χ1v) is 8.57. The fraction of sp³-hybridized carbons (Fsp3) is 0.444. The van der Waals surface area contributed by atoms with Gasteiger partial charge in [-0.3, -0.25) is 9.69 Å². The van der Waals surface area contributed by atoms with Crippen molar-refractivity contribution in [3.05, 3.63) is 30.6 Å². The third kappa shape index (κ3) is 4.08. The summed E-state index contributed by atoms with van der Waals surface area (Å²) in [4.78, 5) is 21.2. The Bertz CT molecular complexity index is 753. The van der Waals surface area contributed by atoms with Crippen LogP contribution in [-0.4, -0.2) is 67.3 Å². The molecule has 1 N–H and O–H groups in total. The molecule has 0 atom stereocenters. The van der Waals surface area contributed by atoms with Gasteiger partial charge in [0.1, 0.15) is 11.5 Å². The van der Waals surface area contributed by atoms with Gasteiger partial charge in [0.05, 0.1) is 26.5 Å². The summed E-state index contributed by atoms with van der Waals surface area (Å²) in [5.74, 6) is 2.18. The molecule has 8 nitrogen and oxygen atoms in total. The highest BCUT2D eigenvalue weighted by molar-refractivity contribution is 5.93. The molecule has 0 aliphatic carbocycles. The van der Waals surface area contributed by atoms with Crippen LogP contribution < -0.4 is 19.7 Å². The second-order valence-electron chi connectivity index (χ2n) is 6.22. The zero-order valence-corrected chi connectivity index (χ0v) is 15.4. The molecule has 2 aromatic rings. The van der Waals surface area contributed by atoms with Crippen LogP contribution in [0.4, 0.5) is 11.6 Å². The van der Waals surface area contributed by atoms with Crippen molar-refractivity contribution in [1.82, 2.24) is 14.5 Å². The molecule has 1 amide bonds. The molecule has 1 aromatic heterocycles. The van der Waals surface area contributed by atoms with Crippen LogP contribution in [0, 0.1) is 0 Å². The van der Waals surface area contributed by atoms with E-state index in [1.54, 1.807) is 38.6 Å². The average Bonchev–Trinajstić information content (AvgIpc) is 3.08. The third-order valence-electron chi connectivity index (χ3n) is 4.50. The number of aromatic nitrogens is 2. The van der Waals surface area contributed by atoms with E-state index in [2.05, 4.69) is 20.1 Å². The number of imidazole rings is 1. The molecule has 1 aliphatic heterocycles. The summed E-state index contributed by atoms with van der Waals surface area (Å²) < 4.78 is 12.5. The van der Waals surface area contributed by atoms with Crippen molar-refractivity contribution in [2.45, 2.75) is 0 Å². The Morgan fingerprint density at radius 1 is 1.19 bits per heavy atom. The maximum absolute atomic E-state index is 12.4. The fourth-order valence-corrected chi connectivity index (χ4v) is 3.06. The van der Waals surface area contributed by atoms with Crippen molar-refractivity contribution in [3.63, 3.8) is 0 Å². The SMILES string of the molecule is COc1ccc(NC(=O)CN2CCN(c3nccn3C)CC2)c(OC)c1. The van der Waals surface area contributed by atoms with E-state index in [-0.39, 0.29) is 5.91 Å². The van der Waals surface area contributed by atoms with Crippen LogP contribution in [0.5, 0.6) is 11.5 Å². The minimum absolute atomic E-state index is 0.0566. The summed E-state index contributed by atoms with van der Waals surface area (Å²) in [6, 6.07) is 5.33. The Kier molecular flexibility index (Phi) is 5.62. The highest BCUT2D eigenvalue weighted by Crippen LogP contribution is 2.29. The lowest BCUT2D eigenvalue weighted by Gasteiger charge is -2.34.